The van der Waals surface area contributed by atoms with Crippen LogP contribution in [0.5, 0.6) is 0 Å². The third-order valence-electron chi connectivity index (χ3n) is 2.68. The Morgan fingerprint density at radius 3 is 2.93 bits per heavy atom. The quantitative estimate of drug-likeness (QED) is 0.617. The van der Waals surface area contributed by atoms with Crippen LogP contribution in [0.25, 0.3) is 0 Å². The lowest BCUT2D eigenvalue weighted by Crippen LogP contribution is -2.31. The first kappa shape index (κ1) is 9.59. The fourth-order valence-electron chi connectivity index (χ4n) is 1.68. The van der Waals surface area contributed by atoms with Crippen molar-refractivity contribution in [1.29, 1.82) is 0 Å². The number of hydrogen-bond acceptors (Lipinski definition) is 3. The van der Waals surface area contributed by atoms with Crippen LogP contribution < -0.4 is 0 Å². The summed E-state index contributed by atoms with van der Waals surface area (Å²) in [6, 6.07) is 0. The Morgan fingerprint density at radius 1 is 1.50 bits per heavy atom. The minimum Gasteiger partial charge on any atom is -0.293 e. The third kappa shape index (κ3) is 1.42. The first-order valence-corrected chi connectivity index (χ1v) is 4.95. The van der Waals surface area contributed by atoms with Crippen molar-refractivity contribution in [2.24, 2.45) is 5.41 Å². The van der Waals surface area contributed by atoms with E-state index in [9.17, 15) is 4.79 Å². The summed E-state index contributed by atoms with van der Waals surface area (Å²) >= 11 is 5.66. The highest BCUT2D eigenvalue weighted by atomic mass is 35.5. The zero-order chi connectivity index (χ0) is 10.3. The Bertz CT molecular complexity index is 401. The van der Waals surface area contributed by atoms with Gasteiger partial charge in [0.15, 0.2) is 5.78 Å². The highest BCUT2D eigenvalue weighted by Gasteiger charge is 2.35. The molecule has 0 bridgehead atoms. The number of aromatic nitrogens is 2. The SMILES string of the molecule is CC1(C)CCc2nc(Cl)ncc2C1=O. The normalized spacial score (nSPS) is 19.2. The van der Waals surface area contributed by atoms with Crippen molar-refractivity contribution in [3.05, 3.63) is 22.7 Å². The van der Waals surface area contributed by atoms with Crippen LogP contribution in [-0.4, -0.2) is 15.8 Å². The van der Waals surface area contributed by atoms with Gasteiger partial charge in [-0.15, -0.1) is 0 Å². The van der Waals surface area contributed by atoms with E-state index in [2.05, 4.69) is 9.97 Å². The monoisotopic (exact) mass is 210 g/mol. The lowest BCUT2D eigenvalue weighted by molar-refractivity contribution is 0.0809. The second-order valence-corrected chi connectivity index (χ2v) is 4.55. The lowest BCUT2D eigenvalue weighted by Gasteiger charge is -2.28. The van der Waals surface area contributed by atoms with Gasteiger partial charge in [-0.1, -0.05) is 13.8 Å². The Balaban J connectivity index is 2.52. The van der Waals surface area contributed by atoms with E-state index in [1.54, 1.807) is 0 Å². The summed E-state index contributed by atoms with van der Waals surface area (Å²) in [5.41, 5.74) is 1.13. The molecule has 0 radical (unpaired) electrons. The van der Waals surface area contributed by atoms with E-state index < -0.39 is 0 Å². The van der Waals surface area contributed by atoms with Crippen molar-refractivity contribution in [1.82, 2.24) is 9.97 Å². The largest absolute Gasteiger partial charge is 0.293 e. The summed E-state index contributed by atoms with van der Waals surface area (Å²) in [6.45, 7) is 3.90. The second kappa shape index (κ2) is 3.02. The van der Waals surface area contributed by atoms with Gasteiger partial charge in [0, 0.05) is 11.6 Å². The molecule has 74 valence electrons. The van der Waals surface area contributed by atoms with Crippen molar-refractivity contribution in [3.8, 4) is 0 Å². The first-order chi connectivity index (χ1) is 6.50. The summed E-state index contributed by atoms with van der Waals surface area (Å²) in [6.07, 6.45) is 3.16. The van der Waals surface area contributed by atoms with E-state index >= 15 is 0 Å². The van der Waals surface area contributed by atoms with Gasteiger partial charge in [-0.25, -0.2) is 9.97 Å². The molecular weight excluding hydrogens is 200 g/mol. The highest BCUT2D eigenvalue weighted by Crippen LogP contribution is 2.33. The number of carbonyl (C=O) groups is 1. The fourth-order valence-corrected chi connectivity index (χ4v) is 1.83. The topological polar surface area (TPSA) is 42.9 Å². The van der Waals surface area contributed by atoms with Crippen LogP contribution in [0.1, 0.15) is 36.3 Å². The smallest absolute Gasteiger partial charge is 0.222 e. The number of nitrogens with zero attached hydrogens (tertiary/aromatic N) is 2. The first-order valence-electron chi connectivity index (χ1n) is 4.57. The molecule has 0 saturated heterocycles. The van der Waals surface area contributed by atoms with Crippen molar-refractivity contribution in [3.63, 3.8) is 0 Å². The number of hydrogen-bond donors (Lipinski definition) is 0. The lowest BCUT2D eigenvalue weighted by atomic mass is 9.75. The maximum Gasteiger partial charge on any atom is 0.222 e. The van der Waals surface area contributed by atoms with Gasteiger partial charge in [0.1, 0.15) is 0 Å². The zero-order valence-electron chi connectivity index (χ0n) is 8.17. The molecule has 0 amide bonds. The van der Waals surface area contributed by atoms with Crippen LogP contribution in [0, 0.1) is 5.41 Å². The highest BCUT2D eigenvalue weighted by molar-refractivity contribution is 6.28. The molecule has 0 N–H and O–H groups in total. The molecule has 1 aromatic rings. The number of rotatable bonds is 0. The number of Topliss-reactive ketones (excluding diaryl/α,β-unsaturated/α-hetero) is 1. The van der Waals surface area contributed by atoms with Crippen LogP contribution in [0.3, 0.4) is 0 Å². The molecule has 0 fully saturated rings. The number of ketones is 1. The summed E-state index contributed by atoms with van der Waals surface area (Å²) < 4.78 is 0. The molecule has 0 unspecified atom stereocenters. The zero-order valence-corrected chi connectivity index (χ0v) is 8.93. The number of fused-ring (bicyclic) bond motifs is 1. The number of aryl methyl sites for hydroxylation is 1. The average Bonchev–Trinajstić information content (AvgIpc) is 2.12. The molecule has 0 spiro atoms. The van der Waals surface area contributed by atoms with E-state index in [1.165, 1.54) is 6.20 Å². The summed E-state index contributed by atoms with van der Waals surface area (Å²) in [7, 11) is 0. The standard InChI is InChI=1S/C10H11ClN2O/c1-10(2)4-3-7-6(8(10)14)5-12-9(11)13-7/h5H,3-4H2,1-2H3. The Kier molecular flexibility index (Phi) is 2.07. The van der Waals surface area contributed by atoms with E-state index in [1.807, 2.05) is 13.8 Å². The van der Waals surface area contributed by atoms with Crippen molar-refractivity contribution in [2.75, 3.05) is 0 Å². The Labute approximate surface area is 87.5 Å². The molecule has 1 heterocycles. The van der Waals surface area contributed by atoms with Crippen LogP contribution in [-0.2, 0) is 6.42 Å². The Hall–Kier alpha value is -0.960. The molecule has 4 heteroatoms. The molecule has 0 saturated carbocycles. The van der Waals surface area contributed by atoms with Gasteiger partial charge in [-0.05, 0) is 24.4 Å². The minimum absolute atomic E-state index is 0.121. The van der Waals surface area contributed by atoms with Gasteiger partial charge in [0.25, 0.3) is 0 Å². The predicted octanol–water partition coefficient (Wildman–Crippen LogP) is 2.29. The van der Waals surface area contributed by atoms with Gasteiger partial charge < -0.3 is 0 Å². The van der Waals surface area contributed by atoms with E-state index in [4.69, 9.17) is 11.6 Å². The molecule has 1 aliphatic rings. The van der Waals surface area contributed by atoms with Gasteiger partial charge in [-0.2, -0.15) is 0 Å². The third-order valence-corrected chi connectivity index (χ3v) is 2.87. The summed E-state index contributed by atoms with van der Waals surface area (Å²) in [5, 5.41) is 0.219. The van der Waals surface area contributed by atoms with Gasteiger partial charge in [0.05, 0.1) is 11.3 Å². The second-order valence-electron chi connectivity index (χ2n) is 4.21. The fraction of sp³-hybridized carbons (Fsp3) is 0.500. The molecule has 2 rings (SSSR count). The molecule has 3 nitrogen and oxygen atoms in total. The van der Waals surface area contributed by atoms with Crippen molar-refractivity contribution >= 4 is 17.4 Å². The number of halogens is 1. The maximum absolute atomic E-state index is 11.9. The molecule has 0 aromatic carbocycles. The molecule has 0 atom stereocenters. The number of carbonyl (C=O) groups excluding carboxylic acids is 1. The molecule has 14 heavy (non-hydrogen) atoms. The van der Waals surface area contributed by atoms with Crippen LogP contribution >= 0.6 is 11.6 Å². The Morgan fingerprint density at radius 2 is 2.21 bits per heavy atom. The molecule has 1 aliphatic carbocycles. The minimum atomic E-state index is -0.288. The molecular formula is C10H11ClN2O. The van der Waals surface area contributed by atoms with Gasteiger partial charge in [0.2, 0.25) is 5.28 Å². The van der Waals surface area contributed by atoms with E-state index in [0.717, 1.165) is 18.5 Å². The van der Waals surface area contributed by atoms with Crippen LogP contribution in [0.4, 0.5) is 0 Å². The summed E-state index contributed by atoms with van der Waals surface area (Å²) in [5.74, 6) is 0.121. The average molecular weight is 211 g/mol. The molecule has 1 aromatic heterocycles. The van der Waals surface area contributed by atoms with Crippen molar-refractivity contribution < 1.29 is 4.79 Å². The van der Waals surface area contributed by atoms with E-state index in [-0.39, 0.29) is 16.5 Å². The van der Waals surface area contributed by atoms with Crippen LogP contribution in [0.15, 0.2) is 6.20 Å². The van der Waals surface area contributed by atoms with Crippen LogP contribution in [0.2, 0.25) is 5.28 Å². The van der Waals surface area contributed by atoms with Gasteiger partial charge in [-0.3, -0.25) is 4.79 Å². The summed E-state index contributed by atoms with van der Waals surface area (Å²) in [4.78, 5) is 19.8. The molecule has 0 aliphatic heterocycles. The predicted molar refractivity (Wildman–Crippen MR) is 53.5 cm³/mol. The van der Waals surface area contributed by atoms with E-state index in [0.29, 0.717) is 5.56 Å². The van der Waals surface area contributed by atoms with Gasteiger partial charge >= 0.3 is 0 Å². The maximum atomic E-state index is 11.9. The van der Waals surface area contributed by atoms with Crippen molar-refractivity contribution in [2.45, 2.75) is 26.7 Å².